The van der Waals surface area contributed by atoms with E-state index in [1.54, 1.807) is 28.8 Å². The molecule has 0 saturated heterocycles. The second-order valence-electron chi connectivity index (χ2n) is 9.30. The molecule has 4 aromatic rings. The van der Waals surface area contributed by atoms with E-state index in [1.807, 2.05) is 54.3 Å². The summed E-state index contributed by atoms with van der Waals surface area (Å²) in [7, 11) is -4.48. The Balaban J connectivity index is 1.56. The van der Waals surface area contributed by atoms with Gasteiger partial charge in [-0.3, -0.25) is 8.74 Å². The van der Waals surface area contributed by atoms with Gasteiger partial charge in [0.15, 0.2) is 12.3 Å². The number of oxazole rings is 1. The lowest BCUT2D eigenvalue weighted by Crippen LogP contribution is -2.38. The molecule has 13 heteroatoms. The quantitative estimate of drug-likeness (QED) is 0.105. The van der Waals surface area contributed by atoms with Crippen LogP contribution in [0, 0.1) is 0 Å². The summed E-state index contributed by atoms with van der Waals surface area (Å²) in [6.45, 7) is 2.37. The molecule has 1 N–H and O–H groups in total. The third-order valence-electron chi connectivity index (χ3n) is 6.61. The average Bonchev–Trinajstić information content (AvgIpc) is 3.45. The van der Waals surface area contributed by atoms with Gasteiger partial charge in [-0.25, -0.2) is 8.42 Å². The van der Waals surface area contributed by atoms with Crippen molar-refractivity contribution < 1.29 is 39.6 Å². The van der Waals surface area contributed by atoms with Gasteiger partial charge in [0.2, 0.25) is 11.5 Å². The minimum Gasteiger partial charge on any atom is -0.748 e. The van der Waals surface area contributed by atoms with Crippen molar-refractivity contribution in [1.29, 1.82) is 0 Å². The molecule has 0 fully saturated rings. The maximum absolute atomic E-state index is 11.6. The minimum absolute atomic E-state index is 0.0643. The second-order valence-corrected chi connectivity index (χ2v) is 11.9. The van der Waals surface area contributed by atoms with Gasteiger partial charge >= 0.3 is 17.3 Å². The third-order valence-corrected chi connectivity index (χ3v) is 7.89. The monoisotopic (exact) mass is 618 g/mol. The van der Waals surface area contributed by atoms with Gasteiger partial charge in [-0.2, -0.15) is 8.78 Å². The minimum atomic E-state index is -4.48. The van der Waals surface area contributed by atoms with E-state index in [-0.39, 0.29) is 13.2 Å². The molecule has 5 rings (SSSR count). The van der Waals surface area contributed by atoms with E-state index in [9.17, 15) is 17.2 Å². The molecule has 0 bridgehead atoms. The summed E-state index contributed by atoms with van der Waals surface area (Å²) < 4.78 is 73.3. The fraction of sp³-hybridized carbons (Fsp3) is 0.250. The maximum Gasteiger partial charge on any atom is 0.374 e. The van der Waals surface area contributed by atoms with Gasteiger partial charge in [0, 0.05) is 17.6 Å². The van der Waals surface area contributed by atoms with E-state index < -0.39 is 27.2 Å². The normalized spacial score (nSPS) is 15.6. The Bertz CT molecular complexity index is 1800. The van der Waals surface area contributed by atoms with Gasteiger partial charge in [0.1, 0.15) is 10.1 Å². The van der Waals surface area contributed by atoms with Crippen molar-refractivity contribution in [3.05, 3.63) is 83.0 Å². The molecule has 1 atom stereocenters. The van der Waals surface area contributed by atoms with E-state index in [1.165, 1.54) is 0 Å². The van der Waals surface area contributed by atoms with Gasteiger partial charge in [-0.1, -0.05) is 42.8 Å². The Labute approximate surface area is 244 Å². The van der Waals surface area contributed by atoms with Crippen molar-refractivity contribution in [2.75, 3.05) is 23.8 Å². The third kappa shape index (κ3) is 6.80. The zero-order valence-electron chi connectivity index (χ0n) is 22.0. The lowest BCUT2D eigenvalue weighted by Gasteiger charge is -2.18. The van der Waals surface area contributed by atoms with Gasteiger partial charge < -0.3 is 18.6 Å². The van der Waals surface area contributed by atoms with Crippen LogP contribution in [-0.4, -0.2) is 40.6 Å². The summed E-state index contributed by atoms with van der Waals surface area (Å²) in [6, 6.07) is 16.7. The number of fused-ring (bicyclic) bond motifs is 4. The molecule has 0 radical (unpaired) electrons. The number of rotatable bonds is 11. The molecule has 3 aromatic carbocycles. The van der Waals surface area contributed by atoms with E-state index in [4.69, 9.17) is 29.5 Å². The van der Waals surface area contributed by atoms with Crippen molar-refractivity contribution in [1.82, 2.24) is 0 Å². The first-order valence-corrected chi connectivity index (χ1v) is 15.8. The number of hydrogen-bond donors (Lipinski definition) is 1. The van der Waals surface area contributed by atoms with E-state index in [0.717, 1.165) is 22.0 Å². The summed E-state index contributed by atoms with van der Waals surface area (Å²) in [6.07, 6.45) is 4.65. The topological polar surface area (TPSA) is 133 Å². The summed E-state index contributed by atoms with van der Waals surface area (Å²) in [5, 5.41) is 2.35. The van der Waals surface area contributed by atoms with Gasteiger partial charge in [0.25, 0.3) is 5.52 Å². The van der Waals surface area contributed by atoms with Gasteiger partial charge in [0.05, 0.1) is 29.5 Å². The zero-order valence-corrected chi connectivity index (χ0v) is 24.4. The molecule has 0 saturated carbocycles. The molecule has 1 aliphatic rings. The highest BCUT2D eigenvalue weighted by atomic mass is 35.5. The molecule has 2 heterocycles. The largest absolute Gasteiger partial charge is 0.748 e. The molecule has 1 unspecified atom stereocenters. The molecule has 10 nitrogen and oxygen atoms in total. The first-order valence-electron chi connectivity index (χ1n) is 12.8. The number of nitrogens with zero attached hydrogens (tertiary/aromatic N) is 2. The molecule has 1 aromatic heterocycles. The van der Waals surface area contributed by atoms with Crippen LogP contribution in [0.5, 0.6) is 5.75 Å². The van der Waals surface area contributed by atoms with Crippen LogP contribution in [0.4, 0.5) is 5.69 Å². The number of halogens is 1. The standard InChI is InChI=1S/C28H27ClN2O8S2/c1-2-19(16-26-30(12-5-14-37-40(32)33)23-18-21(29)9-11-24(23)38-26)17-27-31(13-15-41(34,35)36)28-22-7-4-3-6-20(22)8-10-25(28)39-27/h3-4,6-11,16-18H,2,5,12-15H2,1H3,(H-,32,33,34,35,36). The van der Waals surface area contributed by atoms with E-state index in [2.05, 4.69) is 0 Å². The van der Waals surface area contributed by atoms with Crippen molar-refractivity contribution in [2.45, 2.75) is 26.3 Å². The van der Waals surface area contributed by atoms with Crippen molar-refractivity contribution in [3.8, 4) is 5.75 Å². The highest BCUT2D eigenvalue weighted by Gasteiger charge is 2.28. The number of hydrogen-bond acceptors (Lipinski definition) is 8. The Hall–Kier alpha value is -3.26. The smallest absolute Gasteiger partial charge is 0.374 e. The highest BCUT2D eigenvalue weighted by Crippen LogP contribution is 2.41. The summed E-state index contributed by atoms with van der Waals surface area (Å²) in [4.78, 5) is 1.90. The van der Waals surface area contributed by atoms with E-state index in [0.29, 0.717) is 53.0 Å². The van der Waals surface area contributed by atoms with Crippen LogP contribution >= 0.6 is 11.6 Å². The maximum atomic E-state index is 11.6. The first kappa shape index (κ1) is 29.2. The lowest BCUT2D eigenvalue weighted by atomic mass is 10.1. The molecule has 216 valence electrons. The number of ether oxygens (including phenoxy) is 1. The van der Waals surface area contributed by atoms with Gasteiger partial charge in [-0.15, -0.1) is 0 Å². The van der Waals surface area contributed by atoms with Crippen LogP contribution in [0.25, 0.3) is 27.9 Å². The van der Waals surface area contributed by atoms with Gasteiger partial charge in [-0.05, 0) is 54.1 Å². The average molecular weight is 619 g/mol. The zero-order chi connectivity index (χ0) is 29.1. The Morgan fingerprint density at radius 2 is 2.02 bits per heavy atom. The second kappa shape index (κ2) is 12.3. The van der Waals surface area contributed by atoms with Crippen LogP contribution < -0.4 is 14.2 Å². The predicted octanol–water partition coefficient (Wildman–Crippen LogP) is 5.15. The number of allylic oxidation sites excluding steroid dienone is 2. The molecule has 0 amide bonds. The number of benzene rings is 3. The summed E-state index contributed by atoms with van der Waals surface area (Å²) >= 11 is 3.90. The van der Waals surface area contributed by atoms with Crippen molar-refractivity contribution >= 4 is 66.7 Å². The Kier molecular flexibility index (Phi) is 8.78. The SMILES string of the molecule is CCC(=Cc1oc2ccc3ccccc3c2[n+]1CCS(=O)(=O)[O-])C=C1Oc2ccc(Cl)cc2N1CCCOS(=O)O. The molecule has 41 heavy (non-hydrogen) atoms. The molecule has 0 spiro atoms. The Morgan fingerprint density at radius 3 is 2.78 bits per heavy atom. The Morgan fingerprint density at radius 1 is 1.22 bits per heavy atom. The summed E-state index contributed by atoms with van der Waals surface area (Å²) in [5.41, 5.74) is 2.81. The number of anilines is 1. The number of aromatic nitrogens is 1. The molecular weight excluding hydrogens is 592 g/mol. The molecule has 0 aliphatic carbocycles. The van der Waals surface area contributed by atoms with Crippen molar-refractivity contribution in [3.63, 3.8) is 0 Å². The number of aryl methyl sites for hydroxylation is 1. The first-order chi connectivity index (χ1) is 19.6. The molecule has 1 aliphatic heterocycles. The van der Waals surface area contributed by atoms with Crippen molar-refractivity contribution in [2.24, 2.45) is 0 Å². The van der Waals surface area contributed by atoms with Crippen LogP contribution in [0.1, 0.15) is 25.7 Å². The lowest BCUT2D eigenvalue weighted by molar-refractivity contribution is -0.672. The fourth-order valence-electron chi connectivity index (χ4n) is 4.73. The highest BCUT2D eigenvalue weighted by molar-refractivity contribution is 7.85. The summed E-state index contributed by atoms with van der Waals surface area (Å²) in [5.74, 6) is 0.911. The predicted molar refractivity (Wildman–Crippen MR) is 156 cm³/mol. The van der Waals surface area contributed by atoms with Crippen LogP contribution in [0.2, 0.25) is 5.02 Å². The molecular formula is C28H27ClN2O8S2. The van der Waals surface area contributed by atoms with Crippen LogP contribution in [0.15, 0.2) is 76.5 Å². The van der Waals surface area contributed by atoms with Crippen LogP contribution in [0.3, 0.4) is 0 Å². The van der Waals surface area contributed by atoms with E-state index >= 15 is 0 Å². The fourth-order valence-corrected chi connectivity index (χ4v) is 5.57. The van der Waals surface area contributed by atoms with Crippen LogP contribution in [-0.2, 0) is 32.2 Å².